The van der Waals surface area contributed by atoms with Gasteiger partial charge in [-0.1, -0.05) is 42.0 Å². The number of piperidine rings is 1. The second kappa shape index (κ2) is 8.61. The SMILES string of the molecule is Cc1ccc2ncn(CC3(O)C[C@@H]4[C@H](CCCN4C(=O)OCc4ccccc4)O3)c(=O)c2c1. The van der Waals surface area contributed by atoms with E-state index in [1.165, 1.54) is 10.9 Å². The summed E-state index contributed by atoms with van der Waals surface area (Å²) in [6.07, 6.45) is 2.42. The predicted molar refractivity (Wildman–Crippen MR) is 122 cm³/mol. The molecule has 2 saturated heterocycles. The lowest BCUT2D eigenvalue weighted by molar-refractivity contribution is -0.202. The van der Waals surface area contributed by atoms with Crippen LogP contribution in [0, 0.1) is 6.92 Å². The normalized spacial score (nSPS) is 24.6. The van der Waals surface area contributed by atoms with Crippen LogP contribution in [0.15, 0.2) is 59.7 Å². The van der Waals surface area contributed by atoms with Gasteiger partial charge in [0.1, 0.15) is 6.61 Å². The summed E-state index contributed by atoms with van der Waals surface area (Å²) in [5.74, 6) is -1.57. The fraction of sp³-hybridized carbons (Fsp3) is 0.400. The fourth-order valence-corrected chi connectivity index (χ4v) is 4.84. The summed E-state index contributed by atoms with van der Waals surface area (Å²) in [4.78, 5) is 31.8. The number of aromatic nitrogens is 2. The Bertz CT molecular complexity index is 1230. The van der Waals surface area contributed by atoms with Crippen LogP contribution in [0.4, 0.5) is 4.79 Å². The van der Waals surface area contributed by atoms with E-state index in [0.717, 1.165) is 24.0 Å². The summed E-state index contributed by atoms with van der Waals surface area (Å²) in [5.41, 5.74) is 2.26. The summed E-state index contributed by atoms with van der Waals surface area (Å²) in [5, 5.41) is 11.7. The molecule has 2 aromatic carbocycles. The third-order valence-corrected chi connectivity index (χ3v) is 6.45. The van der Waals surface area contributed by atoms with Crippen molar-refractivity contribution in [3.05, 3.63) is 76.3 Å². The van der Waals surface area contributed by atoms with E-state index in [1.54, 1.807) is 11.0 Å². The zero-order valence-corrected chi connectivity index (χ0v) is 18.5. The van der Waals surface area contributed by atoms with Gasteiger partial charge in [-0.25, -0.2) is 9.78 Å². The minimum Gasteiger partial charge on any atom is -0.445 e. The molecule has 0 radical (unpaired) electrons. The van der Waals surface area contributed by atoms with E-state index in [0.29, 0.717) is 17.4 Å². The highest BCUT2D eigenvalue weighted by molar-refractivity contribution is 5.77. The second-order valence-electron chi connectivity index (χ2n) is 8.95. The number of carbonyl (C=O) groups is 1. The van der Waals surface area contributed by atoms with Gasteiger partial charge in [0, 0.05) is 13.0 Å². The molecule has 0 bridgehead atoms. The molecule has 0 saturated carbocycles. The van der Waals surface area contributed by atoms with Gasteiger partial charge in [-0.3, -0.25) is 9.36 Å². The van der Waals surface area contributed by atoms with Gasteiger partial charge < -0.3 is 19.5 Å². The van der Waals surface area contributed by atoms with E-state index in [4.69, 9.17) is 9.47 Å². The van der Waals surface area contributed by atoms with Gasteiger partial charge in [0.25, 0.3) is 5.56 Å². The van der Waals surface area contributed by atoms with Crippen molar-refractivity contribution in [2.45, 2.75) is 57.3 Å². The van der Waals surface area contributed by atoms with Crippen LogP contribution in [0.3, 0.4) is 0 Å². The number of likely N-dealkylation sites (tertiary alicyclic amines) is 1. The first-order valence-electron chi connectivity index (χ1n) is 11.3. The van der Waals surface area contributed by atoms with E-state index in [9.17, 15) is 14.7 Å². The topological polar surface area (TPSA) is 93.9 Å². The molecule has 1 unspecified atom stereocenters. The first-order valence-corrected chi connectivity index (χ1v) is 11.3. The molecular formula is C25H27N3O5. The minimum absolute atomic E-state index is 0.0530. The molecule has 1 amide bonds. The van der Waals surface area contributed by atoms with Crippen molar-refractivity contribution in [3.8, 4) is 0 Å². The van der Waals surface area contributed by atoms with Crippen LogP contribution in [0.25, 0.3) is 10.9 Å². The highest BCUT2D eigenvalue weighted by atomic mass is 16.6. The average molecular weight is 450 g/mol. The van der Waals surface area contributed by atoms with Crippen molar-refractivity contribution < 1.29 is 19.4 Å². The molecule has 8 nitrogen and oxygen atoms in total. The molecule has 0 spiro atoms. The standard InChI is InChI=1S/C25H27N3O5/c1-17-9-10-20-19(12-17)23(29)27(16-26-20)15-25(31)13-21-22(33-25)8-5-11-28(21)24(30)32-14-18-6-3-2-4-7-18/h2-4,6-7,9-10,12,16,21-22,31H,5,8,11,13-15H2,1H3/t21-,22+,25?/m1/s1. The van der Waals surface area contributed by atoms with Crippen LogP contribution >= 0.6 is 0 Å². The Hall–Kier alpha value is -3.23. The van der Waals surface area contributed by atoms with Crippen molar-refractivity contribution in [3.63, 3.8) is 0 Å². The molecule has 2 aliphatic heterocycles. The number of hydrogen-bond acceptors (Lipinski definition) is 6. The van der Waals surface area contributed by atoms with Gasteiger partial charge in [0.2, 0.25) is 0 Å². The molecule has 2 aliphatic rings. The van der Waals surface area contributed by atoms with E-state index >= 15 is 0 Å². The molecule has 3 heterocycles. The van der Waals surface area contributed by atoms with Crippen molar-refractivity contribution in [1.29, 1.82) is 0 Å². The van der Waals surface area contributed by atoms with Gasteiger partial charge >= 0.3 is 6.09 Å². The van der Waals surface area contributed by atoms with E-state index in [2.05, 4.69) is 4.98 Å². The Kier molecular flexibility index (Phi) is 5.64. The number of hydrogen-bond donors (Lipinski definition) is 1. The maximum Gasteiger partial charge on any atom is 0.410 e. The van der Waals surface area contributed by atoms with Gasteiger partial charge in [-0.15, -0.1) is 0 Å². The van der Waals surface area contributed by atoms with E-state index < -0.39 is 11.9 Å². The molecule has 3 aromatic rings. The first-order chi connectivity index (χ1) is 15.9. The molecule has 33 heavy (non-hydrogen) atoms. The fourth-order valence-electron chi connectivity index (χ4n) is 4.84. The molecule has 3 atom stereocenters. The maximum absolute atomic E-state index is 13.0. The maximum atomic E-state index is 13.0. The Morgan fingerprint density at radius 1 is 1.27 bits per heavy atom. The average Bonchev–Trinajstić information content (AvgIpc) is 3.16. The van der Waals surface area contributed by atoms with Crippen LogP contribution in [0.1, 0.15) is 30.4 Å². The molecule has 2 fully saturated rings. The number of fused-ring (bicyclic) bond motifs is 2. The monoisotopic (exact) mass is 449 g/mol. The lowest BCUT2D eigenvalue weighted by Crippen LogP contribution is -2.49. The van der Waals surface area contributed by atoms with Crippen LogP contribution in [-0.2, 0) is 22.6 Å². The third kappa shape index (κ3) is 4.36. The van der Waals surface area contributed by atoms with E-state index in [1.807, 2.05) is 49.4 Å². The van der Waals surface area contributed by atoms with Crippen molar-refractivity contribution >= 4 is 17.0 Å². The molecule has 8 heteroatoms. The van der Waals surface area contributed by atoms with Crippen LogP contribution < -0.4 is 5.56 Å². The van der Waals surface area contributed by atoms with Gasteiger partial charge in [0.15, 0.2) is 5.79 Å². The van der Waals surface area contributed by atoms with Crippen molar-refractivity contribution in [1.82, 2.24) is 14.5 Å². The lowest BCUT2D eigenvalue weighted by Gasteiger charge is -2.35. The number of aryl methyl sites for hydroxylation is 1. The van der Waals surface area contributed by atoms with Crippen molar-refractivity contribution in [2.75, 3.05) is 6.54 Å². The Balaban J connectivity index is 1.31. The largest absolute Gasteiger partial charge is 0.445 e. The van der Waals surface area contributed by atoms with Crippen molar-refractivity contribution in [2.24, 2.45) is 0 Å². The smallest absolute Gasteiger partial charge is 0.410 e. The zero-order valence-electron chi connectivity index (χ0n) is 18.5. The number of carbonyl (C=O) groups excluding carboxylic acids is 1. The highest BCUT2D eigenvalue weighted by Crippen LogP contribution is 2.38. The Morgan fingerprint density at radius 2 is 2.09 bits per heavy atom. The van der Waals surface area contributed by atoms with Gasteiger partial charge in [-0.2, -0.15) is 0 Å². The molecule has 172 valence electrons. The molecule has 1 N–H and O–H groups in total. The molecular weight excluding hydrogens is 422 g/mol. The summed E-state index contributed by atoms with van der Waals surface area (Å²) >= 11 is 0. The first kappa shape index (κ1) is 21.6. The van der Waals surface area contributed by atoms with Gasteiger partial charge in [-0.05, 0) is 37.5 Å². The number of aliphatic hydroxyl groups is 1. The number of nitrogens with zero attached hydrogens (tertiary/aromatic N) is 3. The summed E-state index contributed by atoms with van der Waals surface area (Å²) in [6.45, 7) is 2.60. The molecule has 1 aromatic heterocycles. The summed E-state index contributed by atoms with van der Waals surface area (Å²) in [6, 6.07) is 14.7. The Labute approximate surface area is 191 Å². The highest BCUT2D eigenvalue weighted by Gasteiger charge is 2.50. The minimum atomic E-state index is -1.57. The number of rotatable bonds is 4. The predicted octanol–water partition coefficient (Wildman–Crippen LogP) is 2.98. The molecule has 0 aliphatic carbocycles. The number of benzene rings is 2. The zero-order chi connectivity index (χ0) is 23.0. The summed E-state index contributed by atoms with van der Waals surface area (Å²) in [7, 11) is 0. The number of ether oxygens (including phenoxy) is 2. The van der Waals surface area contributed by atoms with Crippen LogP contribution in [0.2, 0.25) is 0 Å². The van der Waals surface area contributed by atoms with Crippen LogP contribution in [-0.4, -0.2) is 50.1 Å². The lowest BCUT2D eigenvalue weighted by atomic mass is 9.97. The van der Waals surface area contributed by atoms with E-state index in [-0.39, 0.29) is 37.3 Å². The second-order valence-corrected chi connectivity index (χ2v) is 8.95. The quantitative estimate of drug-likeness (QED) is 0.658. The van der Waals surface area contributed by atoms with Crippen LogP contribution in [0.5, 0.6) is 0 Å². The Morgan fingerprint density at radius 3 is 2.91 bits per heavy atom. The third-order valence-electron chi connectivity index (χ3n) is 6.45. The van der Waals surface area contributed by atoms with Gasteiger partial charge in [0.05, 0.1) is 35.9 Å². The summed E-state index contributed by atoms with van der Waals surface area (Å²) < 4.78 is 12.9. The number of amides is 1. The molecule has 5 rings (SSSR count).